The van der Waals surface area contributed by atoms with Crippen LogP contribution >= 0.6 is 0 Å². The summed E-state index contributed by atoms with van der Waals surface area (Å²) in [4.78, 5) is 32.3. The topological polar surface area (TPSA) is 77.3 Å². The first-order valence-electron chi connectivity index (χ1n) is 10.4. The Morgan fingerprint density at radius 3 is 2.57 bits per heavy atom. The van der Waals surface area contributed by atoms with Crippen molar-refractivity contribution in [2.24, 2.45) is 0 Å². The largest absolute Gasteiger partial charge is 0.462 e. The van der Waals surface area contributed by atoms with E-state index in [1.165, 1.54) is 0 Å². The molecule has 0 aliphatic carbocycles. The molecule has 0 bridgehead atoms. The van der Waals surface area contributed by atoms with Gasteiger partial charge in [0.15, 0.2) is 5.65 Å². The Morgan fingerprint density at radius 2 is 1.90 bits per heavy atom. The number of esters is 1. The quantitative estimate of drug-likeness (QED) is 0.536. The summed E-state index contributed by atoms with van der Waals surface area (Å²) in [5.74, 6) is -0.645. The van der Waals surface area contributed by atoms with Gasteiger partial charge >= 0.3 is 5.97 Å². The van der Waals surface area contributed by atoms with Gasteiger partial charge in [0.25, 0.3) is 5.91 Å². The van der Waals surface area contributed by atoms with Gasteiger partial charge < -0.3 is 9.64 Å². The number of nitrogens with zero attached hydrogens (tertiary/aromatic N) is 4. The van der Waals surface area contributed by atoms with Crippen molar-refractivity contribution in [3.63, 3.8) is 0 Å². The molecule has 1 atom stereocenters. The van der Waals surface area contributed by atoms with Crippen LogP contribution in [0.25, 0.3) is 11.0 Å². The smallest absolute Gasteiger partial charge is 0.340 e. The third-order valence-corrected chi connectivity index (χ3v) is 5.19. The van der Waals surface area contributed by atoms with Gasteiger partial charge in [-0.05, 0) is 52.3 Å². The van der Waals surface area contributed by atoms with Crippen molar-refractivity contribution in [2.45, 2.75) is 47.1 Å². The zero-order valence-electron chi connectivity index (χ0n) is 18.2. The number of aromatic nitrogens is 3. The van der Waals surface area contributed by atoms with Crippen molar-refractivity contribution in [1.82, 2.24) is 14.8 Å². The number of hydrogen-bond donors (Lipinski definition) is 0. The lowest BCUT2D eigenvalue weighted by Crippen LogP contribution is -2.32. The van der Waals surface area contributed by atoms with Gasteiger partial charge in [-0.2, -0.15) is 5.10 Å². The second-order valence-electron chi connectivity index (χ2n) is 7.18. The maximum atomic E-state index is 13.6. The Morgan fingerprint density at radius 1 is 1.17 bits per heavy atom. The Hall–Kier alpha value is -3.22. The highest BCUT2D eigenvalue weighted by atomic mass is 16.5. The molecule has 0 radical (unpaired) electrons. The molecule has 0 spiro atoms. The molecule has 30 heavy (non-hydrogen) atoms. The average molecular weight is 409 g/mol. The lowest BCUT2D eigenvalue weighted by atomic mass is 10.1. The van der Waals surface area contributed by atoms with Crippen LogP contribution in [0.1, 0.15) is 66.6 Å². The van der Waals surface area contributed by atoms with Gasteiger partial charge in [-0.25, -0.2) is 14.5 Å². The summed E-state index contributed by atoms with van der Waals surface area (Å²) < 4.78 is 7.04. The Bertz CT molecular complexity index is 1070. The van der Waals surface area contributed by atoms with Gasteiger partial charge in [0.2, 0.25) is 0 Å². The van der Waals surface area contributed by atoms with Crippen molar-refractivity contribution in [3.8, 4) is 0 Å². The van der Waals surface area contributed by atoms with Crippen LogP contribution in [0.5, 0.6) is 0 Å². The normalized spacial score (nSPS) is 12.0. The number of para-hydroxylation sites is 1. The summed E-state index contributed by atoms with van der Waals surface area (Å²) >= 11 is 0. The van der Waals surface area contributed by atoms with E-state index in [-0.39, 0.29) is 18.6 Å². The number of aryl methyl sites for hydroxylation is 1. The summed E-state index contributed by atoms with van der Waals surface area (Å²) in [5.41, 5.74) is 2.85. The standard InChI is InChI=1S/C23H28N4O3/c1-6-16(5)27-21-19(14-24-27)18(13-15(4)25-21)22(28)26(7-2)20-12-10-9-11-17(20)23(29)30-8-3/h9-14,16H,6-8H2,1-5H3. The third kappa shape index (κ3) is 3.92. The van der Waals surface area contributed by atoms with Crippen molar-refractivity contribution in [3.05, 3.63) is 53.3 Å². The van der Waals surface area contributed by atoms with Crippen LogP contribution in [0.2, 0.25) is 0 Å². The van der Waals surface area contributed by atoms with Crippen molar-refractivity contribution in [2.75, 3.05) is 18.1 Å². The van der Waals surface area contributed by atoms with Crippen molar-refractivity contribution < 1.29 is 14.3 Å². The molecule has 1 unspecified atom stereocenters. The molecule has 7 nitrogen and oxygen atoms in total. The summed E-state index contributed by atoms with van der Waals surface area (Å²) in [5, 5.41) is 5.19. The van der Waals surface area contributed by atoms with Gasteiger partial charge in [-0.1, -0.05) is 19.1 Å². The van der Waals surface area contributed by atoms with E-state index >= 15 is 0 Å². The number of benzene rings is 1. The fraction of sp³-hybridized carbons (Fsp3) is 0.391. The molecule has 0 saturated heterocycles. The number of carbonyl (C=O) groups excluding carboxylic acids is 2. The van der Waals surface area contributed by atoms with E-state index in [1.54, 1.807) is 42.3 Å². The van der Waals surface area contributed by atoms with Gasteiger partial charge in [-0.15, -0.1) is 0 Å². The molecule has 0 aliphatic heterocycles. The van der Waals surface area contributed by atoms with E-state index in [0.717, 1.165) is 12.1 Å². The highest BCUT2D eigenvalue weighted by Gasteiger charge is 2.25. The molecule has 2 aromatic heterocycles. The number of fused-ring (bicyclic) bond motifs is 1. The molecule has 2 heterocycles. The minimum absolute atomic E-state index is 0.173. The Labute approximate surface area is 176 Å². The highest BCUT2D eigenvalue weighted by Crippen LogP contribution is 2.27. The highest BCUT2D eigenvalue weighted by molar-refractivity contribution is 6.15. The fourth-order valence-electron chi connectivity index (χ4n) is 3.47. The van der Waals surface area contributed by atoms with Crippen LogP contribution in [0.15, 0.2) is 36.5 Å². The molecular weight excluding hydrogens is 380 g/mol. The third-order valence-electron chi connectivity index (χ3n) is 5.19. The first-order chi connectivity index (χ1) is 14.4. The SMILES string of the molecule is CCOC(=O)c1ccccc1N(CC)C(=O)c1cc(C)nc2c1cnn2C(C)CC. The van der Waals surface area contributed by atoms with E-state index in [4.69, 9.17) is 4.74 Å². The van der Waals surface area contributed by atoms with E-state index in [0.29, 0.717) is 34.4 Å². The summed E-state index contributed by atoms with van der Waals surface area (Å²) in [6.45, 7) is 10.3. The van der Waals surface area contributed by atoms with E-state index < -0.39 is 5.97 Å². The summed E-state index contributed by atoms with van der Waals surface area (Å²) in [6, 6.07) is 8.97. The zero-order valence-corrected chi connectivity index (χ0v) is 18.2. The Balaban J connectivity index is 2.11. The van der Waals surface area contributed by atoms with Crippen molar-refractivity contribution >= 4 is 28.6 Å². The predicted octanol–water partition coefficient (Wildman–Crippen LogP) is 4.55. The minimum atomic E-state index is -0.444. The number of amides is 1. The van der Waals surface area contributed by atoms with Crippen LogP contribution in [0.4, 0.5) is 5.69 Å². The monoisotopic (exact) mass is 408 g/mol. The van der Waals surface area contributed by atoms with Gasteiger partial charge in [-0.3, -0.25) is 4.79 Å². The van der Waals surface area contributed by atoms with E-state index in [1.807, 2.05) is 24.6 Å². The maximum Gasteiger partial charge on any atom is 0.340 e. The first-order valence-corrected chi connectivity index (χ1v) is 10.4. The zero-order chi connectivity index (χ0) is 21.8. The average Bonchev–Trinajstić information content (AvgIpc) is 3.17. The molecule has 1 amide bonds. The van der Waals surface area contributed by atoms with Gasteiger partial charge in [0.1, 0.15) is 0 Å². The molecule has 1 aromatic carbocycles. The van der Waals surface area contributed by atoms with E-state index in [9.17, 15) is 9.59 Å². The van der Waals surface area contributed by atoms with Crippen molar-refractivity contribution in [1.29, 1.82) is 0 Å². The number of ether oxygens (including phenoxy) is 1. The van der Waals surface area contributed by atoms with Crippen LogP contribution in [-0.4, -0.2) is 39.8 Å². The number of hydrogen-bond acceptors (Lipinski definition) is 5. The van der Waals surface area contributed by atoms with Crippen LogP contribution in [0.3, 0.4) is 0 Å². The molecule has 7 heteroatoms. The molecule has 0 saturated carbocycles. The van der Waals surface area contributed by atoms with Crippen LogP contribution < -0.4 is 4.90 Å². The molecule has 158 valence electrons. The molecular formula is C23H28N4O3. The molecule has 3 rings (SSSR count). The molecule has 0 fully saturated rings. The number of rotatable bonds is 7. The first kappa shape index (κ1) is 21.5. The summed E-state index contributed by atoms with van der Waals surface area (Å²) in [7, 11) is 0. The molecule has 0 aliphatic rings. The van der Waals surface area contributed by atoms with Gasteiger partial charge in [0, 0.05) is 12.2 Å². The Kier molecular flexibility index (Phi) is 6.50. The lowest BCUT2D eigenvalue weighted by Gasteiger charge is -2.24. The summed E-state index contributed by atoms with van der Waals surface area (Å²) in [6.07, 6.45) is 2.61. The number of pyridine rings is 1. The van der Waals surface area contributed by atoms with Gasteiger partial charge in [0.05, 0.1) is 41.0 Å². The van der Waals surface area contributed by atoms with E-state index in [2.05, 4.69) is 23.9 Å². The number of anilines is 1. The second-order valence-corrected chi connectivity index (χ2v) is 7.18. The second kappa shape index (κ2) is 9.07. The van der Waals surface area contributed by atoms with Crippen LogP contribution in [0, 0.1) is 6.92 Å². The lowest BCUT2D eigenvalue weighted by molar-refractivity contribution is 0.0527. The van der Waals surface area contributed by atoms with Crippen LogP contribution in [-0.2, 0) is 4.74 Å². The number of carbonyl (C=O) groups is 2. The predicted molar refractivity (Wildman–Crippen MR) is 117 cm³/mol. The maximum absolute atomic E-state index is 13.6. The molecule has 0 N–H and O–H groups in total. The molecule has 3 aromatic rings. The fourth-order valence-corrected chi connectivity index (χ4v) is 3.47. The minimum Gasteiger partial charge on any atom is -0.462 e.